The maximum atomic E-state index is 12.6. The molecule has 1 aliphatic rings. The Morgan fingerprint density at radius 3 is 2.52 bits per heavy atom. The number of amides is 3. The van der Waals surface area contributed by atoms with Gasteiger partial charge in [-0.1, -0.05) is 11.6 Å². The fourth-order valence-electron chi connectivity index (χ4n) is 2.86. The van der Waals surface area contributed by atoms with E-state index >= 15 is 0 Å². The van der Waals surface area contributed by atoms with Crippen LogP contribution in [0.15, 0.2) is 36.4 Å². The molecule has 0 spiro atoms. The van der Waals surface area contributed by atoms with Crippen molar-refractivity contribution in [2.24, 2.45) is 0 Å². The number of nitrogens with one attached hydrogen (secondary N) is 3. The number of nitro benzene ring substituents is 1. The first-order valence-corrected chi connectivity index (χ1v) is 11.3. The summed E-state index contributed by atoms with van der Waals surface area (Å²) < 4.78 is 10.4. The lowest BCUT2D eigenvalue weighted by Gasteiger charge is -2.18. The van der Waals surface area contributed by atoms with Crippen molar-refractivity contribution in [3.8, 4) is 11.5 Å². The van der Waals surface area contributed by atoms with Gasteiger partial charge in [0.2, 0.25) is 6.79 Å². The molecule has 11 nitrogen and oxygen atoms in total. The highest BCUT2D eigenvalue weighted by Gasteiger charge is 2.24. The molecule has 0 aromatic heterocycles. The Kier molecular flexibility index (Phi) is 7.96. The molecule has 0 saturated heterocycles. The summed E-state index contributed by atoms with van der Waals surface area (Å²) in [6, 6.07) is 7.14. The molecule has 3 N–H and O–H groups in total. The van der Waals surface area contributed by atoms with E-state index in [0.717, 1.165) is 6.07 Å². The number of rotatable bonds is 8. The molecule has 3 rings (SSSR count). The van der Waals surface area contributed by atoms with Crippen molar-refractivity contribution in [1.82, 2.24) is 16.2 Å². The zero-order valence-corrected chi connectivity index (χ0v) is 18.8. The van der Waals surface area contributed by atoms with E-state index in [2.05, 4.69) is 16.2 Å². The van der Waals surface area contributed by atoms with E-state index in [-0.39, 0.29) is 29.4 Å². The summed E-state index contributed by atoms with van der Waals surface area (Å²) in [6.07, 6.45) is 2.09. The monoisotopic (exact) mass is 494 g/mol. The number of nitrogens with zero attached hydrogens (tertiary/aromatic N) is 1. The number of hydrogen-bond donors (Lipinski definition) is 3. The molecular formula is C20H19ClN4O7S. The number of nitro groups is 1. The molecule has 0 aliphatic carbocycles. The van der Waals surface area contributed by atoms with Gasteiger partial charge >= 0.3 is 0 Å². The van der Waals surface area contributed by atoms with Gasteiger partial charge in [0.05, 0.1) is 4.92 Å². The van der Waals surface area contributed by atoms with Crippen molar-refractivity contribution >= 4 is 46.8 Å². The van der Waals surface area contributed by atoms with Gasteiger partial charge in [-0.05, 0) is 48.8 Å². The standard InChI is InChI=1S/C20H19ClN4O7S/c1-33-7-6-14(22-18(26)11-2-4-13(21)15(8-11)25(29)30)20(28)24-23-19(27)12-3-5-16-17(9-12)32-10-31-16/h2-5,8-9,14H,6-7,10H2,1H3,(H,22,26)(H,23,27)(H,24,28)/t14-/m1/s1. The highest BCUT2D eigenvalue weighted by Crippen LogP contribution is 2.32. The number of benzene rings is 2. The largest absolute Gasteiger partial charge is 0.454 e. The minimum absolute atomic E-state index is 0.0301. The molecule has 0 saturated carbocycles. The molecule has 1 atom stereocenters. The van der Waals surface area contributed by atoms with Crippen LogP contribution in [0.4, 0.5) is 5.69 Å². The summed E-state index contributed by atoms with van der Waals surface area (Å²) in [5.41, 5.74) is 4.36. The minimum Gasteiger partial charge on any atom is -0.454 e. The Balaban J connectivity index is 1.64. The number of carbonyl (C=O) groups excluding carboxylic acids is 3. The van der Waals surface area contributed by atoms with Crippen LogP contribution in [0.25, 0.3) is 0 Å². The SMILES string of the molecule is CSCC[C@@H](NC(=O)c1ccc(Cl)c([N+](=O)[O-])c1)C(=O)NNC(=O)c1ccc2c(c1)OCO2. The van der Waals surface area contributed by atoms with Crippen LogP contribution < -0.4 is 25.6 Å². The van der Waals surface area contributed by atoms with Gasteiger partial charge in [0.1, 0.15) is 11.1 Å². The smallest absolute Gasteiger partial charge is 0.288 e. The maximum Gasteiger partial charge on any atom is 0.288 e. The van der Waals surface area contributed by atoms with Gasteiger partial charge < -0.3 is 14.8 Å². The molecule has 0 radical (unpaired) electrons. The number of thioether (sulfide) groups is 1. The van der Waals surface area contributed by atoms with Gasteiger partial charge in [-0.15, -0.1) is 0 Å². The highest BCUT2D eigenvalue weighted by molar-refractivity contribution is 7.98. The molecule has 0 fully saturated rings. The van der Waals surface area contributed by atoms with Crippen LogP contribution in [0.3, 0.4) is 0 Å². The third kappa shape index (κ3) is 6.05. The van der Waals surface area contributed by atoms with Gasteiger partial charge in [-0.2, -0.15) is 11.8 Å². The third-order valence-corrected chi connectivity index (χ3v) is 5.54. The second-order valence-corrected chi connectivity index (χ2v) is 8.14. The number of ether oxygens (including phenoxy) is 2. The van der Waals surface area contributed by atoms with E-state index < -0.39 is 34.4 Å². The first kappa shape index (κ1) is 24.1. The minimum atomic E-state index is -1.00. The lowest BCUT2D eigenvalue weighted by Crippen LogP contribution is -2.52. The van der Waals surface area contributed by atoms with Crippen molar-refractivity contribution < 1.29 is 28.8 Å². The summed E-state index contributed by atoms with van der Waals surface area (Å²) in [7, 11) is 0. The molecule has 1 aliphatic heterocycles. The lowest BCUT2D eigenvalue weighted by atomic mass is 10.1. The van der Waals surface area contributed by atoms with E-state index in [1.807, 2.05) is 6.26 Å². The Morgan fingerprint density at radius 1 is 1.09 bits per heavy atom. The van der Waals surface area contributed by atoms with Crippen LogP contribution in [0.1, 0.15) is 27.1 Å². The molecule has 33 heavy (non-hydrogen) atoms. The Bertz CT molecular complexity index is 1100. The number of halogens is 1. The van der Waals surface area contributed by atoms with Gasteiger partial charge in [-0.25, -0.2) is 0 Å². The Hall–Kier alpha value is -3.51. The van der Waals surface area contributed by atoms with E-state index in [4.69, 9.17) is 21.1 Å². The first-order valence-electron chi connectivity index (χ1n) is 9.53. The van der Waals surface area contributed by atoms with Crippen LogP contribution in [0.2, 0.25) is 5.02 Å². The van der Waals surface area contributed by atoms with Crippen LogP contribution in [0.5, 0.6) is 11.5 Å². The van der Waals surface area contributed by atoms with Crippen LogP contribution in [0, 0.1) is 10.1 Å². The molecule has 174 valence electrons. The quantitative estimate of drug-likeness (QED) is 0.374. The van der Waals surface area contributed by atoms with Gasteiger partial charge in [0, 0.05) is 17.2 Å². The van der Waals surface area contributed by atoms with Crippen molar-refractivity contribution in [3.63, 3.8) is 0 Å². The predicted octanol–water partition coefficient (Wildman–Crippen LogP) is 2.29. The third-order valence-electron chi connectivity index (χ3n) is 4.57. The second kappa shape index (κ2) is 10.9. The predicted molar refractivity (Wildman–Crippen MR) is 121 cm³/mol. The van der Waals surface area contributed by atoms with Crippen LogP contribution in [-0.4, -0.2) is 47.5 Å². The molecule has 0 unspecified atom stereocenters. The van der Waals surface area contributed by atoms with E-state index in [1.165, 1.54) is 36.0 Å². The molecule has 1 heterocycles. The summed E-state index contributed by atoms with van der Waals surface area (Å²) in [6.45, 7) is 0.0603. The zero-order chi connectivity index (χ0) is 24.0. The Morgan fingerprint density at radius 2 is 1.79 bits per heavy atom. The fraction of sp³-hybridized carbons (Fsp3) is 0.250. The van der Waals surface area contributed by atoms with E-state index in [0.29, 0.717) is 17.3 Å². The molecule has 3 amide bonds. The molecule has 0 bridgehead atoms. The van der Waals surface area contributed by atoms with Gasteiger partial charge in [-0.3, -0.25) is 35.3 Å². The average molecular weight is 495 g/mol. The fourth-order valence-corrected chi connectivity index (χ4v) is 3.51. The van der Waals surface area contributed by atoms with E-state index in [9.17, 15) is 24.5 Å². The summed E-state index contributed by atoms with van der Waals surface area (Å²) >= 11 is 7.24. The van der Waals surface area contributed by atoms with Gasteiger partial charge in [0.15, 0.2) is 11.5 Å². The van der Waals surface area contributed by atoms with Crippen LogP contribution >= 0.6 is 23.4 Å². The molecular weight excluding hydrogens is 476 g/mol. The normalized spacial score (nSPS) is 12.5. The zero-order valence-electron chi connectivity index (χ0n) is 17.3. The van der Waals surface area contributed by atoms with Crippen molar-refractivity contribution in [3.05, 3.63) is 62.7 Å². The summed E-state index contributed by atoms with van der Waals surface area (Å²) in [4.78, 5) is 48.0. The summed E-state index contributed by atoms with van der Waals surface area (Å²) in [5.74, 6) is -0.484. The van der Waals surface area contributed by atoms with E-state index in [1.54, 1.807) is 6.07 Å². The summed E-state index contributed by atoms with van der Waals surface area (Å²) in [5, 5.41) is 13.5. The maximum absolute atomic E-state index is 12.6. The average Bonchev–Trinajstić information content (AvgIpc) is 3.27. The molecule has 2 aromatic rings. The number of fused-ring (bicyclic) bond motifs is 1. The molecule has 13 heteroatoms. The lowest BCUT2D eigenvalue weighted by molar-refractivity contribution is -0.384. The van der Waals surface area contributed by atoms with Crippen molar-refractivity contribution in [2.45, 2.75) is 12.5 Å². The Labute approximate surface area is 197 Å². The topological polar surface area (TPSA) is 149 Å². The number of carbonyl (C=O) groups is 3. The van der Waals surface area contributed by atoms with Crippen LogP contribution in [-0.2, 0) is 4.79 Å². The van der Waals surface area contributed by atoms with Crippen molar-refractivity contribution in [2.75, 3.05) is 18.8 Å². The molecule has 2 aromatic carbocycles. The first-order chi connectivity index (χ1) is 15.8. The second-order valence-electron chi connectivity index (χ2n) is 6.74. The van der Waals surface area contributed by atoms with Crippen molar-refractivity contribution in [1.29, 1.82) is 0 Å². The number of hydrazine groups is 1. The highest BCUT2D eigenvalue weighted by atomic mass is 35.5. The number of hydrogen-bond acceptors (Lipinski definition) is 8. The van der Waals surface area contributed by atoms with Gasteiger partial charge in [0.25, 0.3) is 23.4 Å².